The Labute approximate surface area is 216 Å². The van der Waals surface area contributed by atoms with E-state index in [1.807, 2.05) is 12.1 Å². The number of amides is 1. The van der Waals surface area contributed by atoms with Crippen LogP contribution in [0.5, 0.6) is 0 Å². The first kappa shape index (κ1) is 26.6. The van der Waals surface area contributed by atoms with Gasteiger partial charge in [-0.3, -0.25) is 9.59 Å². The van der Waals surface area contributed by atoms with Crippen molar-refractivity contribution in [1.29, 1.82) is 0 Å². The maximum absolute atomic E-state index is 12.7. The highest BCUT2D eigenvalue weighted by molar-refractivity contribution is 9.10. The summed E-state index contributed by atoms with van der Waals surface area (Å²) in [7, 11) is 0. The zero-order valence-corrected chi connectivity index (χ0v) is 20.8. The Kier molecular flexibility index (Phi) is 10.2. The molecule has 0 aliphatic rings. The molecule has 0 saturated heterocycles. The normalized spacial score (nSPS) is 11.1. The van der Waals surface area contributed by atoms with E-state index >= 15 is 0 Å². The monoisotopic (exact) mass is 553 g/mol. The van der Waals surface area contributed by atoms with E-state index in [0.29, 0.717) is 5.56 Å². The number of alkyl carbamates (subject to hydrolysis) is 1. The smallest absolute Gasteiger partial charge is 0.408 e. The van der Waals surface area contributed by atoms with E-state index in [4.69, 9.17) is 14.2 Å². The molecule has 0 bridgehead atoms. The molecule has 3 aromatic rings. The molecule has 3 aromatic carbocycles. The molecule has 8 nitrogen and oxygen atoms in total. The van der Waals surface area contributed by atoms with E-state index < -0.39 is 42.9 Å². The van der Waals surface area contributed by atoms with Crippen LogP contribution in [0.25, 0.3) is 0 Å². The van der Waals surface area contributed by atoms with Gasteiger partial charge in [0.25, 0.3) is 0 Å². The fourth-order valence-electron chi connectivity index (χ4n) is 3.02. The molecule has 3 rings (SSSR count). The molecule has 0 aliphatic heterocycles. The van der Waals surface area contributed by atoms with Gasteiger partial charge < -0.3 is 19.5 Å². The third-order valence-electron chi connectivity index (χ3n) is 4.91. The van der Waals surface area contributed by atoms with Crippen LogP contribution >= 0.6 is 15.9 Å². The van der Waals surface area contributed by atoms with Gasteiger partial charge in [-0.05, 0) is 23.3 Å². The van der Waals surface area contributed by atoms with Gasteiger partial charge in [0.2, 0.25) is 0 Å². The average molecular weight is 554 g/mol. The number of carbonyl (C=O) groups is 4. The molecular formula is C27H24BrNO7. The highest BCUT2D eigenvalue weighted by Crippen LogP contribution is 2.12. The van der Waals surface area contributed by atoms with Crippen molar-refractivity contribution in [1.82, 2.24) is 5.32 Å². The van der Waals surface area contributed by atoms with Gasteiger partial charge >= 0.3 is 18.0 Å². The van der Waals surface area contributed by atoms with Crippen molar-refractivity contribution in [3.8, 4) is 0 Å². The quantitative estimate of drug-likeness (QED) is 0.210. The number of nitrogens with one attached hydrogen (secondary N) is 1. The molecule has 0 spiro atoms. The molecule has 0 heterocycles. The van der Waals surface area contributed by atoms with E-state index in [0.717, 1.165) is 15.6 Å². The number of halogens is 1. The van der Waals surface area contributed by atoms with Crippen molar-refractivity contribution in [2.24, 2.45) is 0 Å². The number of benzene rings is 3. The number of esters is 2. The Hall–Kier alpha value is -3.98. The van der Waals surface area contributed by atoms with Crippen LogP contribution in [0.15, 0.2) is 89.4 Å². The lowest BCUT2D eigenvalue weighted by Gasteiger charge is -2.17. The van der Waals surface area contributed by atoms with Crippen LogP contribution in [0.1, 0.15) is 27.9 Å². The zero-order valence-electron chi connectivity index (χ0n) is 19.2. The zero-order chi connectivity index (χ0) is 25.8. The fraction of sp³-hybridized carbons (Fsp3) is 0.185. The van der Waals surface area contributed by atoms with Gasteiger partial charge in [0.1, 0.15) is 19.3 Å². The first-order chi connectivity index (χ1) is 17.4. The molecule has 0 aromatic heterocycles. The molecule has 9 heteroatoms. The second kappa shape index (κ2) is 13.8. The SMILES string of the molecule is O=C(C[C@H](NC(=O)OCc1ccccc1)C(=O)OCC(=O)c1ccc(Br)cc1)OCc1ccccc1. The summed E-state index contributed by atoms with van der Waals surface area (Å²) < 4.78 is 16.3. The molecule has 0 aliphatic carbocycles. The Morgan fingerprint density at radius 3 is 1.86 bits per heavy atom. The highest BCUT2D eigenvalue weighted by Gasteiger charge is 2.27. The maximum Gasteiger partial charge on any atom is 0.408 e. The molecule has 1 amide bonds. The number of carbonyl (C=O) groups excluding carboxylic acids is 4. The summed E-state index contributed by atoms with van der Waals surface area (Å²) in [6, 6.07) is 23.1. The molecule has 186 valence electrons. The minimum absolute atomic E-state index is 0.00193. The second-order valence-corrected chi connectivity index (χ2v) is 8.56. The summed E-state index contributed by atoms with van der Waals surface area (Å²) in [5.74, 6) is -2.13. The first-order valence-electron chi connectivity index (χ1n) is 11.0. The van der Waals surface area contributed by atoms with E-state index in [1.165, 1.54) is 0 Å². The summed E-state index contributed by atoms with van der Waals surface area (Å²) in [5, 5.41) is 2.33. The molecule has 0 unspecified atom stereocenters. The van der Waals surface area contributed by atoms with Gasteiger partial charge in [0.15, 0.2) is 12.4 Å². The van der Waals surface area contributed by atoms with Crippen molar-refractivity contribution in [2.75, 3.05) is 6.61 Å². The van der Waals surface area contributed by atoms with E-state index in [-0.39, 0.29) is 13.2 Å². The number of ether oxygens (including phenoxy) is 3. The lowest BCUT2D eigenvalue weighted by atomic mass is 10.1. The van der Waals surface area contributed by atoms with Gasteiger partial charge in [0, 0.05) is 10.0 Å². The summed E-state index contributed by atoms with van der Waals surface area (Å²) >= 11 is 3.28. The molecule has 0 saturated carbocycles. The predicted molar refractivity (Wildman–Crippen MR) is 134 cm³/mol. The van der Waals surface area contributed by atoms with Gasteiger partial charge in [-0.1, -0.05) is 88.7 Å². The number of ketones is 1. The van der Waals surface area contributed by atoms with Crippen LogP contribution < -0.4 is 5.32 Å². The molecule has 1 N–H and O–H groups in total. The fourth-order valence-corrected chi connectivity index (χ4v) is 3.28. The molecule has 0 radical (unpaired) electrons. The summed E-state index contributed by atoms with van der Waals surface area (Å²) in [5.41, 5.74) is 1.86. The van der Waals surface area contributed by atoms with Crippen molar-refractivity contribution in [3.05, 3.63) is 106 Å². The molecule has 1 atom stereocenters. The van der Waals surface area contributed by atoms with Gasteiger partial charge in [0.05, 0.1) is 6.42 Å². The lowest BCUT2D eigenvalue weighted by molar-refractivity contribution is -0.152. The number of hydrogen-bond acceptors (Lipinski definition) is 7. The first-order valence-corrected chi connectivity index (χ1v) is 11.8. The maximum atomic E-state index is 12.7. The Morgan fingerprint density at radius 1 is 0.722 bits per heavy atom. The molecule has 0 fully saturated rings. The topological polar surface area (TPSA) is 108 Å². The van der Waals surface area contributed by atoms with Crippen LogP contribution in [-0.2, 0) is 37.0 Å². The van der Waals surface area contributed by atoms with Gasteiger partial charge in [-0.2, -0.15) is 0 Å². The van der Waals surface area contributed by atoms with Gasteiger partial charge in [-0.15, -0.1) is 0 Å². The highest BCUT2D eigenvalue weighted by atomic mass is 79.9. The molecular weight excluding hydrogens is 530 g/mol. The van der Waals surface area contributed by atoms with Crippen molar-refractivity contribution < 1.29 is 33.4 Å². The van der Waals surface area contributed by atoms with E-state index in [2.05, 4.69) is 21.2 Å². The number of rotatable bonds is 11. The summed E-state index contributed by atoms with van der Waals surface area (Å²) in [6.07, 6.45) is -1.42. The second-order valence-electron chi connectivity index (χ2n) is 7.65. The van der Waals surface area contributed by atoms with Crippen molar-refractivity contribution in [2.45, 2.75) is 25.7 Å². The van der Waals surface area contributed by atoms with Crippen LogP contribution in [0, 0.1) is 0 Å². The lowest BCUT2D eigenvalue weighted by Crippen LogP contribution is -2.44. The minimum atomic E-state index is -1.41. The largest absolute Gasteiger partial charge is 0.461 e. The minimum Gasteiger partial charge on any atom is -0.461 e. The molecule has 36 heavy (non-hydrogen) atoms. The third-order valence-corrected chi connectivity index (χ3v) is 5.44. The Morgan fingerprint density at radius 2 is 1.28 bits per heavy atom. The number of hydrogen-bond donors (Lipinski definition) is 1. The third kappa shape index (κ3) is 8.99. The van der Waals surface area contributed by atoms with E-state index in [9.17, 15) is 19.2 Å². The summed E-state index contributed by atoms with van der Waals surface area (Å²) in [6.45, 7) is -0.590. The Balaban J connectivity index is 1.58. The van der Waals surface area contributed by atoms with Gasteiger partial charge in [-0.25, -0.2) is 9.59 Å². The predicted octanol–water partition coefficient (Wildman–Crippen LogP) is 4.60. The van der Waals surface area contributed by atoms with Crippen LogP contribution in [0.4, 0.5) is 4.79 Å². The van der Waals surface area contributed by atoms with Crippen LogP contribution in [0.2, 0.25) is 0 Å². The van der Waals surface area contributed by atoms with Crippen LogP contribution in [0.3, 0.4) is 0 Å². The average Bonchev–Trinajstić information content (AvgIpc) is 2.90. The van der Waals surface area contributed by atoms with Crippen LogP contribution in [-0.4, -0.2) is 36.5 Å². The van der Waals surface area contributed by atoms with E-state index in [1.54, 1.807) is 72.8 Å². The Bertz CT molecular complexity index is 1110. The van der Waals surface area contributed by atoms with Crippen molar-refractivity contribution in [3.63, 3.8) is 0 Å². The summed E-state index contributed by atoms with van der Waals surface area (Å²) in [4.78, 5) is 49.8. The standard InChI is InChI=1S/C27H24BrNO7/c28-22-13-11-21(12-14-22)24(30)18-35-26(32)23(15-25(31)34-16-19-7-3-1-4-8-19)29-27(33)36-17-20-9-5-2-6-10-20/h1-14,23H,15-18H2,(H,29,33)/t23-/m0/s1. The van der Waals surface area contributed by atoms with Crippen molar-refractivity contribution >= 4 is 39.7 Å². The number of Topliss-reactive ketones (excluding diaryl/α,β-unsaturated/α-hetero) is 1.